The highest BCUT2D eigenvalue weighted by atomic mass is 32.2. The van der Waals surface area contributed by atoms with Crippen LogP contribution < -0.4 is 0 Å². The van der Waals surface area contributed by atoms with Crippen LogP contribution in [-0.2, 0) is 19.4 Å². The molecule has 0 saturated carbocycles. The van der Waals surface area contributed by atoms with Crippen LogP contribution in [0.25, 0.3) is 0 Å². The lowest BCUT2D eigenvalue weighted by molar-refractivity contribution is -0.138. The van der Waals surface area contributed by atoms with Crippen molar-refractivity contribution in [3.63, 3.8) is 0 Å². The first kappa shape index (κ1) is 27.0. The molecule has 0 aromatic heterocycles. The summed E-state index contributed by atoms with van der Waals surface area (Å²) in [5.74, 6) is -0.803. The number of allylic oxidation sites excluding steroid dienone is 2. The monoisotopic (exact) mass is 449 g/mol. The van der Waals surface area contributed by atoms with E-state index in [2.05, 4.69) is 6.92 Å². The first-order valence-corrected chi connectivity index (χ1v) is 12.9. The van der Waals surface area contributed by atoms with Crippen LogP contribution in [0.4, 0.5) is 0 Å². The van der Waals surface area contributed by atoms with Gasteiger partial charge in [-0.05, 0) is 36.9 Å². The lowest BCUT2D eigenvalue weighted by Gasteiger charge is -2.10. The highest BCUT2D eigenvalue weighted by Crippen LogP contribution is 2.21. The number of ether oxygens (including phenoxy) is 1. The molecular weight excluding hydrogens is 410 g/mol. The molecule has 0 aliphatic rings. The SMILES string of the molecule is CCCCCCCCCCCCOC(=O)/C(=C/C=C/N(C)C)S(=O)(=O)c1ccccc1. The summed E-state index contributed by atoms with van der Waals surface area (Å²) in [5.41, 5.74) is 0. The molecule has 0 amide bonds. The number of unbranched alkanes of at least 4 members (excludes halogenated alkanes) is 9. The van der Waals surface area contributed by atoms with Crippen molar-refractivity contribution in [3.05, 3.63) is 53.6 Å². The zero-order chi connectivity index (χ0) is 23.0. The Hall–Kier alpha value is -2.08. The van der Waals surface area contributed by atoms with Crippen LogP contribution in [0.2, 0.25) is 0 Å². The predicted molar refractivity (Wildman–Crippen MR) is 127 cm³/mol. The average molecular weight is 450 g/mol. The standard InChI is InChI=1S/C25H39NO4S/c1-4-5-6-7-8-9-10-11-12-16-22-30-25(27)24(20-17-21-26(2)3)31(28,29)23-18-14-13-15-19-23/h13-15,17-21H,4-12,16,22H2,1-3H3/b21-17+,24-20-. The maximum absolute atomic E-state index is 12.9. The fraction of sp³-hybridized carbons (Fsp3) is 0.560. The molecule has 1 rings (SSSR count). The predicted octanol–water partition coefficient (Wildman–Crippen LogP) is 5.88. The molecule has 1 aromatic carbocycles. The molecule has 0 aliphatic heterocycles. The van der Waals surface area contributed by atoms with Crippen LogP contribution in [0, 0.1) is 0 Å². The maximum Gasteiger partial charge on any atom is 0.350 e. The van der Waals surface area contributed by atoms with Gasteiger partial charge in [-0.2, -0.15) is 0 Å². The quantitative estimate of drug-likeness (QED) is 0.136. The zero-order valence-electron chi connectivity index (χ0n) is 19.4. The molecule has 1 aromatic rings. The lowest BCUT2D eigenvalue weighted by Crippen LogP contribution is -2.17. The van der Waals surface area contributed by atoms with Gasteiger partial charge < -0.3 is 9.64 Å². The number of carbonyl (C=O) groups is 1. The Kier molecular flexibility index (Phi) is 13.6. The molecule has 174 valence electrons. The maximum atomic E-state index is 12.9. The average Bonchev–Trinajstić information content (AvgIpc) is 2.75. The van der Waals surface area contributed by atoms with Gasteiger partial charge >= 0.3 is 5.97 Å². The molecule has 5 nitrogen and oxygen atoms in total. The number of carbonyl (C=O) groups excluding carboxylic acids is 1. The van der Waals surface area contributed by atoms with Gasteiger partial charge in [-0.3, -0.25) is 0 Å². The summed E-state index contributed by atoms with van der Waals surface area (Å²) >= 11 is 0. The Morgan fingerprint density at radius 2 is 1.45 bits per heavy atom. The fourth-order valence-electron chi connectivity index (χ4n) is 3.12. The number of benzene rings is 1. The van der Waals surface area contributed by atoms with Crippen LogP contribution in [0.5, 0.6) is 0 Å². The van der Waals surface area contributed by atoms with E-state index in [4.69, 9.17) is 4.74 Å². The fourth-order valence-corrected chi connectivity index (χ4v) is 4.43. The second-order valence-corrected chi connectivity index (χ2v) is 9.89. The molecule has 0 atom stereocenters. The highest BCUT2D eigenvalue weighted by molar-refractivity contribution is 7.96. The van der Waals surface area contributed by atoms with E-state index in [1.165, 1.54) is 69.2 Å². The van der Waals surface area contributed by atoms with Crippen molar-refractivity contribution < 1.29 is 17.9 Å². The smallest absolute Gasteiger partial charge is 0.350 e. The summed E-state index contributed by atoms with van der Waals surface area (Å²) in [6.45, 7) is 2.46. The highest BCUT2D eigenvalue weighted by Gasteiger charge is 2.27. The van der Waals surface area contributed by atoms with E-state index in [1.807, 2.05) is 14.1 Å². The van der Waals surface area contributed by atoms with Crippen molar-refractivity contribution in [2.24, 2.45) is 0 Å². The Labute approximate surface area is 189 Å². The van der Waals surface area contributed by atoms with Crippen molar-refractivity contribution in [2.75, 3.05) is 20.7 Å². The van der Waals surface area contributed by atoms with Crippen LogP contribution in [0.3, 0.4) is 0 Å². The van der Waals surface area contributed by atoms with Gasteiger partial charge in [-0.1, -0.05) is 82.9 Å². The Morgan fingerprint density at radius 1 is 0.903 bits per heavy atom. The first-order valence-electron chi connectivity index (χ1n) is 11.4. The van der Waals surface area contributed by atoms with Gasteiger partial charge in [0.25, 0.3) is 0 Å². The van der Waals surface area contributed by atoms with Crippen LogP contribution in [-0.4, -0.2) is 40.0 Å². The number of sulfone groups is 1. The molecule has 0 unspecified atom stereocenters. The van der Waals surface area contributed by atoms with Gasteiger partial charge in [0.05, 0.1) is 11.5 Å². The molecule has 0 aliphatic carbocycles. The number of nitrogens with zero attached hydrogens (tertiary/aromatic N) is 1. The molecular formula is C25H39NO4S. The van der Waals surface area contributed by atoms with Crippen molar-refractivity contribution in [1.29, 1.82) is 0 Å². The molecule has 0 fully saturated rings. The summed E-state index contributed by atoms with van der Waals surface area (Å²) in [4.78, 5) is 14.1. The largest absolute Gasteiger partial charge is 0.462 e. The van der Waals surface area contributed by atoms with E-state index in [9.17, 15) is 13.2 Å². The third kappa shape index (κ3) is 11.2. The summed E-state index contributed by atoms with van der Waals surface area (Å²) < 4.78 is 31.2. The third-order valence-corrected chi connectivity index (χ3v) is 6.68. The molecule has 6 heteroatoms. The Morgan fingerprint density at radius 3 is 2.00 bits per heavy atom. The summed E-state index contributed by atoms with van der Waals surface area (Å²) in [6, 6.07) is 7.96. The molecule has 0 N–H and O–H groups in total. The normalized spacial score (nSPS) is 12.3. The Balaban J connectivity index is 2.53. The van der Waals surface area contributed by atoms with E-state index in [1.54, 1.807) is 29.3 Å². The van der Waals surface area contributed by atoms with Crippen molar-refractivity contribution in [2.45, 2.75) is 76.0 Å². The van der Waals surface area contributed by atoms with Crippen molar-refractivity contribution >= 4 is 15.8 Å². The third-order valence-electron chi connectivity index (χ3n) is 4.91. The van der Waals surface area contributed by atoms with E-state index >= 15 is 0 Å². The second-order valence-electron chi connectivity index (χ2n) is 7.97. The van der Waals surface area contributed by atoms with Gasteiger partial charge in [0.15, 0.2) is 4.91 Å². The van der Waals surface area contributed by atoms with E-state index in [0.29, 0.717) is 0 Å². The van der Waals surface area contributed by atoms with Gasteiger partial charge in [0, 0.05) is 14.1 Å². The molecule has 0 bridgehead atoms. The second kappa shape index (κ2) is 15.7. The first-order chi connectivity index (χ1) is 14.9. The topological polar surface area (TPSA) is 63.7 Å². The Bertz CT molecular complexity index is 783. The van der Waals surface area contributed by atoms with E-state index in [-0.39, 0.29) is 16.4 Å². The van der Waals surface area contributed by atoms with Crippen LogP contribution in [0.15, 0.2) is 58.5 Å². The summed E-state index contributed by atoms with van der Waals surface area (Å²) in [6.07, 6.45) is 16.4. The number of hydrogen-bond donors (Lipinski definition) is 0. The van der Waals surface area contributed by atoms with E-state index < -0.39 is 15.8 Å². The minimum Gasteiger partial charge on any atom is -0.462 e. The van der Waals surface area contributed by atoms with Gasteiger partial charge in [-0.25, -0.2) is 13.2 Å². The minimum absolute atomic E-state index is 0.0791. The molecule has 0 saturated heterocycles. The van der Waals surface area contributed by atoms with Crippen molar-refractivity contribution in [1.82, 2.24) is 4.90 Å². The zero-order valence-corrected chi connectivity index (χ0v) is 20.2. The van der Waals surface area contributed by atoms with Crippen LogP contribution in [0.1, 0.15) is 71.1 Å². The molecule has 0 radical (unpaired) electrons. The van der Waals surface area contributed by atoms with Gasteiger partial charge in [-0.15, -0.1) is 0 Å². The molecule has 0 heterocycles. The van der Waals surface area contributed by atoms with Crippen LogP contribution >= 0.6 is 0 Å². The molecule has 31 heavy (non-hydrogen) atoms. The summed E-state index contributed by atoms with van der Waals surface area (Å²) in [7, 11) is -0.309. The minimum atomic E-state index is -3.95. The number of rotatable bonds is 16. The van der Waals surface area contributed by atoms with Crippen molar-refractivity contribution in [3.8, 4) is 0 Å². The number of esters is 1. The van der Waals surface area contributed by atoms with Gasteiger partial charge in [0.1, 0.15) is 0 Å². The summed E-state index contributed by atoms with van der Waals surface area (Å²) in [5, 5.41) is 0. The number of hydrogen-bond acceptors (Lipinski definition) is 5. The molecule has 0 spiro atoms. The van der Waals surface area contributed by atoms with E-state index in [0.717, 1.165) is 19.3 Å². The lowest BCUT2D eigenvalue weighted by atomic mass is 10.1. The van der Waals surface area contributed by atoms with Gasteiger partial charge in [0.2, 0.25) is 9.84 Å².